The first-order chi connectivity index (χ1) is 17.8. The zero-order chi connectivity index (χ0) is 26.1. The number of aromatic nitrogens is 2. The predicted molar refractivity (Wildman–Crippen MR) is 149 cm³/mol. The Morgan fingerprint density at radius 1 is 1.14 bits per heavy atom. The summed E-state index contributed by atoms with van der Waals surface area (Å²) < 4.78 is 0. The van der Waals surface area contributed by atoms with E-state index in [-0.39, 0.29) is 0 Å². The number of aryl methyl sites for hydroxylation is 3. The Morgan fingerprint density at radius 3 is 2.73 bits per heavy atom. The minimum atomic E-state index is -0.524. The first-order valence-corrected chi connectivity index (χ1v) is 13.0. The van der Waals surface area contributed by atoms with Crippen LogP contribution in [0.25, 0.3) is 17.0 Å². The number of hydroxylamine groups is 1. The van der Waals surface area contributed by atoms with Crippen LogP contribution in [0.15, 0.2) is 48.7 Å². The smallest absolute Gasteiger partial charge is 0.267 e. The number of nitrogens with one attached hydrogen (secondary N) is 3. The highest BCUT2D eigenvalue weighted by Gasteiger charge is 2.29. The Labute approximate surface area is 218 Å². The normalized spacial score (nSPS) is 15.2. The third-order valence-corrected chi connectivity index (χ3v) is 8.06. The van der Waals surface area contributed by atoms with Gasteiger partial charge in [0.2, 0.25) is 0 Å². The molecule has 0 radical (unpaired) electrons. The van der Waals surface area contributed by atoms with E-state index in [1.165, 1.54) is 61.7 Å². The maximum Gasteiger partial charge on any atom is 0.267 e. The van der Waals surface area contributed by atoms with E-state index >= 15 is 0 Å². The number of nitrogens with zero attached hydrogens (tertiary/aromatic N) is 1. The van der Waals surface area contributed by atoms with Crippen LogP contribution in [0.3, 0.4) is 0 Å². The lowest BCUT2D eigenvalue weighted by atomic mass is 10.0. The van der Waals surface area contributed by atoms with E-state index in [2.05, 4.69) is 85.2 Å². The van der Waals surface area contributed by atoms with Gasteiger partial charge in [0.05, 0.1) is 0 Å². The van der Waals surface area contributed by atoms with Gasteiger partial charge in [0, 0.05) is 53.7 Å². The first kappa shape index (κ1) is 25.1. The molecule has 0 spiro atoms. The molecule has 0 saturated heterocycles. The Bertz CT molecular complexity index is 1480. The van der Waals surface area contributed by atoms with E-state index in [1.54, 1.807) is 11.6 Å². The van der Waals surface area contributed by atoms with Crippen molar-refractivity contribution < 1.29 is 10.0 Å². The molecule has 2 aromatic heterocycles. The number of rotatable bonds is 8. The van der Waals surface area contributed by atoms with Crippen LogP contribution in [0.4, 0.5) is 0 Å². The van der Waals surface area contributed by atoms with E-state index in [4.69, 9.17) is 5.21 Å². The van der Waals surface area contributed by atoms with Crippen molar-refractivity contribution in [2.24, 2.45) is 0 Å². The average molecular weight is 497 g/mol. The highest BCUT2D eigenvalue weighted by molar-refractivity contribution is 5.90. The molecule has 2 heterocycles. The van der Waals surface area contributed by atoms with Gasteiger partial charge in [-0.15, -0.1) is 0 Å². The third-order valence-electron chi connectivity index (χ3n) is 8.06. The summed E-state index contributed by atoms with van der Waals surface area (Å²) in [5.41, 5.74) is 14.4. The van der Waals surface area contributed by atoms with E-state index < -0.39 is 5.91 Å². The standard InChI is InChI=1S/C31H36N4O2/c1-19-5-9-26-25(17-32-28(26)15-19)13-14-35(18-29-21(3)20(2)22(4)33-29)30-11-8-24-16-23(6-10-27(24)30)7-12-31(36)34-37/h5-7,9-10,12,15-17,30,32-33,37H,8,11,13-14,18H2,1-4H3,(H,34,36). The molecule has 6 heteroatoms. The van der Waals surface area contributed by atoms with Gasteiger partial charge in [0.15, 0.2) is 0 Å². The molecule has 37 heavy (non-hydrogen) atoms. The van der Waals surface area contributed by atoms with E-state index in [0.717, 1.165) is 37.9 Å². The lowest BCUT2D eigenvalue weighted by Crippen LogP contribution is -2.30. The fraction of sp³-hybridized carbons (Fsp3) is 0.323. The number of amides is 1. The maximum atomic E-state index is 11.4. The zero-order valence-corrected chi connectivity index (χ0v) is 22.1. The molecule has 1 unspecified atom stereocenters. The first-order valence-electron chi connectivity index (χ1n) is 13.0. The van der Waals surface area contributed by atoms with Crippen molar-refractivity contribution in [2.75, 3.05) is 6.54 Å². The Balaban J connectivity index is 1.42. The van der Waals surface area contributed by atoms with Gasteiger partial charge in [-0.3, -0.25) is 14.9 Å². The second kappa shape index (κ2) is 10.4. The molecule has 192 valence electrons. The van der Waals surface area contributed by atoms with Gasteiger partial charge in [0.25, 0.3) is 5.91 Å². The number of carbonyl (C=O) groups excluding carboxylic acids is 1. The minimum absolute atomic E-state index is 0.338. The minimum Gasteiger partial charge on any atom is -0.361 e. The summed E-state index contributed by atoms with van der Waals surface area (Å²) >= 11 is 0. The van der Waals surface area contributed by atoms with Crippen LogP contribution in [0.5, 0.6) is 0 Å². The third kappa shape index (κ3) is 5.13. The van der Waals surface area contributed by atoms with Gasteiger partial charge in [-0.1, -0.05) is 30.3 Å². The molecule has 4 aromatic rings. The van der Waals surface area contributed by atoms with Crippen molar-refractivity contribution in [1.29, 1.82) is 0 Å². The predicted octanol–water partition coefficient (Wildman–Crippen LogP) is 5.98. The van der Waals surface area contributed by atoms with Gasteiger partial charge < -0.3 is 9.97 Å². The largest absolute Gasteiger partial charge is 0.361 e. The molecule has 0 fully saturated rings. The van der Waals surface area contributed by atoms with Crippen LogP contribution in [-0.2, 0) is 24.2 Å². The number of fused-ring (bicyclic) bond motifs is 2. The fourth-order valence-electron chi connectivity index (χ4n) is 5.71. The van der Waals surface area contributed by atoms with Crippen molar-refractivity contribution in [2.45, 2.75) is 59.5 Å². The summed E-state index contributed by atoms with van der Waals surface area (Å²) in [6, 6.07) is 13.4. The lowest BCUT2D eigenvalue weighted by Gasteiger charge is -2.30. The van der Waals surface area contributed by atoms with Crippen LogP contribution in [0.2, 0.25) is 0 Å². The summed E-state index contributed by atoms with van der Waals surface area (Å²) in [5.74, 6) is -0.524. The molecule has 1 aliphatic rings. The van der Waals surface area contributed by atoms with Crippen LogP contribution >= 0.6 is 0 Å². The summed E-state index contributed by atoms with van der Waals surface area (Å²) in [6.45, 7) is 10.5. The fourth-order valence-corrected chi connectivity index (χ4v) is 5.71. The monoisotopic (exact) mass is 496 g/mol. The van der Waals surface area contributed by atoms with Crippen LogP contribution < -0.4 is 5.48 Å². The Morgan fingerprint density at radius 2 is 1.97 bits per heavy atom. The number of benzene rings is 2. The molecular formula is C31H36N4O2. The Kier molecular flexibility index (Phi) is 7.04. The van der Waals surface area contributed by atoms with Crippen molar-refractivity contribution in [3.05, 3.63) is 99.0 Å². The summed E-state index contributed by atoms with van der Waals surface area (Å²) in [5, 5.41) is 10.1. The maximum absolute atomic E-state index is 11.4. The second-order valence-corrected chi connectivity index (χ2v) is 10.4. The molecule has 0 aliphatic heterocycles. The van der Waals surface area contributed by atoms with E-state index in [0.29, 0.717) is 6.04 Å². The van der Waals surface area contributed by atoms with Gasteiger partial charge >= 0.3 is 0 Å². The summed E-state index contributed by atoms with van der Waals surface area (Å²) in [6.07, 6.45) is 8.32. The highest BCUT2D eigenvalue weighted by atomic mass is 16.5. The van der Waals surface area contributed by atoms with Crippen molar-refractivity contribution in [3.63, 3.8) is 0 Å². The highest BCUT2D eigenvalue weighted by Crippen LogP contribution is 2.38. The molecule has 6 nitrogen and oxygen atoms in total. The molecule has 2 aromatic carbocycles. The number of carbonyl (C=O) groups is 1. The molecule has 4 N–H and O–H groups in total. The van der Waals surface area contributed by atoms with Crippen molar-refractivity contribution >= 4 is 22.9 Å². The Hall–Kier alpha value is -3.61. The van der Waals surface area contributed by atoms with Gasteiger partial charge in [0.1, 0.15) is 0 Å². The number of H-pyrrole nitrogens is 2. The number of hydrogen-bond donors (Lipinski definition) is 4. The zero-order valence-electron chi connectivity index (χ0n) is 22.1. The van der Waals surface area contributed by atoms with E-state index in [1.807, 2.05) is 0 Å². The van der Waals surface area contributed by atoms with Crippen LogP contribution in [-0.4, -0.2) is 32.5 Å². The van der Waals surface area contributed by atoms with Crippen molar-refractivity contribution in [1.82, 2.24) is 20.3 Å². The summed E-state index contributed by atoms with van der Waals surface area (Å²) in [4.78, 5) is 21.1. The quantitative estimate of drug-likeness (QED) is 0.138. The second-order valence-electron chi connectivity index (χ2n) is 10.4. The topological polar surface area (TPSA) is 84.2 Å². The van der Waals surface area contributed by atoms with E-state index in [9.17, 15) is 4.79 Å². The molecule has 0 saturated carbocycles. The van der Waals surface area contributed by atoms with Gasteiger partial charge in [-0.25, -0.2) is 5.48 Å². The van der Waals surface area contributed by atoms with Crippen LogP contribution in [0.1, 0.15) is 62.8 Å². The van der Waals surface area contributed by atoms with Gasteiger partial charge in [-0.05, 0) is 98.0 Å². The lowest BCUT2D eigenvalue weighted by molar-refractivity contribution is -0.124. The number of aromatic amines is 2. The molecule has 1 amide bonds. The van der Waals surface area contributed by atoms with Crippen molar-refractivity contribution in [3.8, 4) is 0 Å². The summed E-state index contributed by atoms with van der Waals surface area (Å²) in [7, 11) is 0. The van der Waals surface area contributed by atoms with Gasteiger partial charge in [-0.2, -0.15) is 0 Å². The molecule has 1 atom stereocenters. The average Bonchev–Trinajstić information content (AvgIpc) is 3.57. The molecule has 0 bridgehead atoms. The molecular weight excluding hydrogens is 460 g/mol. The number of hydrogen-bond acceptors (Lipinski definition) is 3. The van der Waals surface area contributed by atoms with Crippen LogP contribution in [0, 0.1) is 27.7 Å². The SMILES string of the molecule is Cc1ccc2c(CCN(Cc3[nH]c(C)c(C)c3C)C3CCc4cc(C=CC(=O)NO)ccc43)c[nH]c2c1. The molecule has 1 aliphatic carbocycles. The molecule has 5 rings (SSSR count).